The van der Waals surface area contributed by atoms with E-state index in [0.29, 0.717) is 36.9 Å². The molecule has 0 saturated carbocycles. The minimum Gasteiger partial charge on any atom is -0.355 e. The van der Waals surface area contributed by atoms with E-state index in [2.05, 4.69) is 32.2 Å². The van der Waals surface area contributed by atoms with Gasteiger partial charge in [-0.15, -0.1) is 0 Å². The zero-order valence-corrected chi connectivity index (χ0v) is 19.2. The molecule has 1 heterocycles. The van der Waals surface area contributed by atoms with E-state index in [-0.39, 0.29) is 10.8 Å². The molecule has 1 N–H and O–H groups in total. The van der Waals surface area contributed by atoms with Gasteiger partial charge in [0.2, 0.25) is 15.9 Å². The molecule has 1 aliphatic rings. The number of halogens is 1. The van der Waals surface area contributed by atoms with E-state index in [1.165, 1.54) is 22.0 Å². The number of allylic oxidation sites excluding steroid dienone is 2. The highest BCUT2D eigenvalue weighted by molar-refractivity contribution is 7.89. The van der Waals surface area contributed by atoms with Crippen LogP contribution in [-0.2, 0) is 14.8 Å². The Bertz CT molecular complexity index is 802. The van der Waals surface area contributed by atoms with Gasteiger partial charge in [-0.2, -0.15) is 4.31 Å². The number of nitrogens with zero attached hydrogens (tertiary/aromatic N) is 1. The van der Waals surface area contributed by atoms with Gasteiger partial charge in [-0.05, 0) is 82.6 Å². The second-order valence-electron chi connectivity index (χ2n) is 8.12. The predicted molar refractivity (Wildman–Crippen MR) is 118 cm³/mol. The lowest BCUT2D eigenvalue weighted by atomic mass is 10.0. The van der Waals surface area contributed by atoms with E-state index < -0.39 is 16.1 Å². The fourth-order valence-corrected chi connectivity index (χ4v) is 5.29. The summed E-state index contributed by atoms with van der Waals surface area (Å²) in [6, 6.07) is 5.50. The zero-order valence-electron chi connectivity index (χ0n) is 17.7. The van der Waals surface area contributed by atoms with Crippen LogP contribution in [0.4, 0.5) is 0 Å². The Morgan fingerprint density at radius 2 is 1.93 bits per heavy atom. The molecule has 1 aromatic rings. The lowest BCUT2D eigenvalue weighted by Gasteiger charge is -2.30. The van der Waals surface area contributed by atoms with Gasteiger partial charge in [-0.25, -0.2) is 8.42 Å². The normalized spacial score (nSPS) is 18.8. The molecule has 162 valence electrons. The number of carbonyl (C=O) groups is 1. The van der Waals surface area contributed by atoms with Crippen LogP contribution >= 0.6 is 11.6 Å². The molecule has 2 unspecified atom stereocenters. The van der Waals surface area contributed by atoms with Gasteiger partial charge in [0, 0.05) is 18.1 Å². The van der Waals surface area contributed by atoms with Gasteiger partial charge in [0.05, 0.1) is 4.90 Å². The fourth-order valence-electron chi connectivity index (χ4n) is 3.53. The van der Waals surface area contributed by atoms with Crippen molar-refractivity contribution in [2.75, 3.05) is 13.1 Å². The first-order valence-corrected chi connectivity index (χ1v) is 12.2. The van der Waals surface area contributed by atoms with Crippen molar-refractivity contribution in [3.05, 3.63) is 40.9 Å². The Morgan fingerprint density at radius 1 is 1.24 bits per heavy atom. The van der Waals surface area contributed by atoms with Crippen LogP contribution in [0.3, 0.4) is 0 Å². The van der Waals surface area contributed by atoms with Crippen molar-refractivity contribution in [3.63, 3.8) is 0 Å². The first-order valence-electron chi connectivity index (χ1n) is 10.4. The third-order valence-electron chi connectivity index (χ3n) is 5.33. The van der Waals surface area contributed by atoms with Crippen molar-refractivity contribution in [2.45, 2.75) is 70.2 Å². The molecular weight excluding hydrogens is 408 g/mol. The summed E-state index contributed by atoms with van der Waals surface area (Å²) >= 11 is 5.93. The van der Waals surface area contributed by atoms with Crippen molar-refractivity contribution in [2.24, 2.45) is 5.92 Å². The SMILES string of the molecule is CC(C)=CCCC(C)CCN(C1CCCCNC1=O)S(=O)(=O)c1ccc(Cl)cc1. The maximum Gasteiger partial charge on any atom is 0.243 e. The molecule has 2 atom stereocenters. The van der Waals surface area contributed by atoms with Gasteiger partial charge in [-0.1, -0.05) is 30.2 Å². The van der Waals surface area contributed by atoms with Crippen LogP contribution in [0, 0.1) is 5.92 Å². The highest BCUT2D eigenvalue weighted by atomic mass is 35.5. The van der Waals surface area contributed by atoms with Gasteiger partial charge >= 0.3 is 0 Å². The Hall–Kier alpha value is -1.37. The smallest absolute Gasteiger partial charge is 0.243 e. The molecule has 2 rings (SSSR count). The summed E-state index contributed by atoms with van der Waals surface area (Å²) < 4.78 is 28.2. The Morgan fingerprint density at radius 3 is 2.59 bits per heavy atom. The van der Waals surface area contributed by atoms with E-state index in [1.807, 2.05) is 0 Å². The molecule has 0 radical (unpaired) electrons. The summed E-state index contributed by atoms with van der Waals surface area (Å²) in [7, 11) is -3.79. The predicted octanol–water partition coefficient (Wildman–Crippen LogP) is 4.77. The topological polar surface area (TPSA) is 66.5 Å². The molecular formula is C22H33ClN2O3S. The summed E-state index contributed by atoms with van der Waals surface area (Å²) in [5.41, 5.74) is 1.29. The van der Waals surface area contributed by atoms with E-state index >= 15 is 0 Å². The van der Waals surface area contributed by atoms with Gasteiger partial charge in [-0.3, -0.25) is 4.79 Å². The zero-order chi connectivity index (χ0) is 21.4. The third kappa shape index (κ3) is 7.12. The molecule has 1 aliphatic heterocycles. The number of carbonyl (C=O) groups excluding carboxylic acids is 1. The minimum absolute atomic E-state index is 0.177. The summed E-state index contributed by atoms with van der Waals surface area (Å²) in [4.78, 5) is 12.8. The largest absolute Gasteiger partial charge is 0.355 e. The molecule has 1 fully saturated rings. The average molecular weight is 441 g/mol. The number of hydrogen-bond donors (Lipinski definition) is 1. The molecule has 0 spiro atoms. The fraction of sp³-hybridized carbons (Fsp3) is 0.591. The standard InChI is InChI=1S/C22H33ClN2O3S/c1-17(2)7-6-8-18(3)14-16-25(21-9-4-5-15-24-22(21)26)29(27,28)20-12-10-19(23)11-13-20/h7,10-13,18,21H,4-6,8-9,14-16H2,1-3H3,(H,24,26). The first-order chi connectivity index (χ1) is 13.7. The summed E-state index contributed by atoms with van der Waals surface area (Å²) in [5, 5.41) is 3.35. The minimum atomic E-state index is -3.79. The molecule has 0 bridgehead atoms. The van der Waals surface area contributed by atoms with E-state index in [9.17, 15) is 13.2 Å². The summed E-state index contributed by atoms with van der Waals surface area (Å²) in [6.07, 6.45) is 7.14. The Kier molecular flexibility index (Phi) is 9.18. The molecule has 7 heteroatoms. The molecule has 5 nitrogen and oxygen atoms in total. The molecule has 1 aromatic carbocycles. The Balaban J connectivity index is 2.22. The number of sulfonamides is 1. The number of hydrogen-bond acceptors (Lipinski definition) is 3. The number of benzene rings is 1. The third-order valence-corrected chi connectivity index (χ3v) is 7.50. The van der Waals surface area contributed by atoms with E-state index in [1.54, 1.807) is 12.1 Å². The van der Waals surface area contributed by atoms with Crippen LogP contribution in [0.5, 0.6) is 0 Å². The van der Waals surface area contributed by atoms with Crippen LogP contribution in [-0.4, -0.2) is 37.8 Å². The molecule has 1 saturated heterocycles. The number of amides is 1. The second kappa shape index (κ2) is 11.1. The molecule has 0 aromatic heterocycles. The molecule has 29 heavy (non-hydrogen) atoms. The second-order valence-corrected chi connectivity index (χ2v) is 10.5. The van der Waals surface area contributed by atoms with E-state index in [0.717, 1.165) is 25.7 Å². The van der Waals surface area contributed by atoms with Gasteiger partial charge in [0.25, 0.3) is 0 Å². The lowest BCUT2D eigenvalue weighted by molar-refractivity contribution is -0.124. The van der Waals surface area contributed by atoms with Gasteiger partial charge in [0.1, 0.15) is 6.04 Å². The highest BCUT2D eigenvalue weighted by Crippen LogP contribution is 2.25. The summed E-state index contributed by atoms with van der Waals surface area (Å²) in [6.45, 7) is 7.23. The van der Waals surface area contributed by atoms with Crippen molar-refractivity contribution in [3.8, 4) is 0 Å². The van der Waals surface area contributed by atoms with Crippen molar-refractivity contribution in [1.82, 2.24) is 9.62 Å². The number of rotatable bonds is 9. The van der Waals surface area contributed by atoms with Crippen LogP contribution in [0.25, 0.3) is 0 Å². The van der Waals surface area contributed by atoms with Crippen molar-refractivity contribution >= 4 is 27.5 Å². The van der Waals surface area contributed by atoms with E-state index in [4.69, 9.17) is 11.6 Å². The van der Waals surface area contributed by atoms with Crippen molar-refractivity contribution < 1.29 is 13.2 Å². The monoisotopic (exact) mass is 440 g/mol. The van der Waals surface area contributed by atoms with Crippen LogP contribution in [0.2, 0.25) is 5.02 Å². The van der Waals surface area contributed by atoms with Crippen LogP contribution in [0.1, 0.15) is 59.3 Å². The Labute approximate surface area is 180 Å². The van der Waals surface area contributed by atoms with Gasteiger partial charge < -0.3 is 5.32 Å². The van der Waals surface area contributed by atoms with Gasteiger partial charge in [0.15, 0.2) is 0 Å². The highest BCUT2D eigenvalue weighted by Gasteiger charge is 2.36. The molecule has 1 amide bonds. The number of nitrogens with one attached hydrogen (secondary N) is 1. The van der Waals surface area contributed by atoms with Crippen molar-refractivity contribution in [1.29, 1.82) is 0 Å². The molecule has 0 aliphatic carbocycles. The quantitative estimate of drug-likeness (QED) is 0.562. The summed E-state index contributed by atoms with van der Waals surface area (Å²) in [5.74, 6) is 0.166. The average Bonchev–Trinajstić information content (AvgIpc) is 2.86. The van der Waals surface area contributed by atoms with Crippen LogP contribution in [0.15, 0.2) is 40.8 Å². The maximum absolute atomic E-state index is 13.4. The maximum atomic E-state index is 13.4. The van der Waals surface area contributed by atoms with Crippen LogP contribution < -0.4 is 5.32 Å². The first kappa shape index (κ1) is 23.9. The lowest BCUT2D eigenvalue weighted by Crippen LogP contribution is -2.49.